The lowest BCUT2D eigenvalue weighted by Crippen LogP contribution is -2.01. The van der Waals surface area contributed by atoms with Gasteiger partial charge in [0.2, 0.25) is 0 Å². The van der Waals surface area contributed by atoms with Crippen LogP contribution in [0.4, 0.5) is 13.2 Å². The Kier molecular flexibility index (Phi) is 5.44. The number of hydrogen-bond acceptors (Lipinski definition) is 2. The Morgan fingerprint density at radius 1 is 1.38 bits per heavy atom. The van der Waals surface area contributed by atoms with Crippen LogP contribution in [0.2, 0.25) is 0 Å². The lowest BCUT2D eigenvalue weighted by molar-refractivity contribution is -0.0833. The fourth-order valence-corrected chi connectivity index (χ4v) is 2.09. The molecule has 0 unspecified atom stereocenters. The van der Waals surface area contributed by atoms with Crippen molar-refractivity contribution in [1.82, 2.24) is 0 Å². The van der Waals surface area contributed by atoms with E-state index < -0.39 is 6.61 Å². The minimum absolute atomic E-state index is 0.00637. The second-order valence-corrected chi connectivity index (χ2v) is 4.93. The zero-order valence-electron chi connectivity index (χ0n) is 11.0. The van der Waals surface area contributed by atoms with Crippen LogP contribution in [0.1, 0.15) is 12.8 Å². The van der Waals surface area contributed by atoms with Crippen LogP contribution in [0.15, 0.2) is 63.8 Å². The predicted octanol–water partition coefficient (Wildman–Crippen LogP) is 5.02. The quantitative estimate of drug-likeness (QED) is 0.527. The molecule has 0 aromatic rings. The Labute approximate surface area is 125 Å². The van der Waals surface area contributed by atoms with Gasteiger partial charge in [0, 0.05) is 5.57 Å². The van der Waals surface area contributed by atoms with Gasteiger partial charge >= 0.3 is 6.61 Å². The van der Waals surface area contributed by atoms with Crippen molar-refractivity contribution in [3.63, 3.8) is 0 Å². The molecule has 0 atom stereocenters. The topological polar surface area (TPSA) is 21.6 Å². The van der Waals surface area contributed by atoms with Crippen molar-refractivity contribution in [2.24, 2.45) is 10.9 Å². The molecule has 21 heavy (non-hydrogen) atoms. The third kappa shape index (κ3) is 4.93. The highest BCUT2D eigenvalue weighted by Crippen LogP contribution is 2.27. The van der Waals surface area contributed by atoms with Crippen molar-refractivity contribution in [2.75, 3.05) is 0 Å². The molecule has 0 N–H and O–H groups in total. The molecule has 2 aliphatic rings. The first-order valence-electron chi connectivity index (χ1n) is 6.32. The summed E-state index contributed by atoms with van der Waals surface area (Å²) in [5.41, 5.74) is 1.14. The molecule has 0 amide bonds. The maximum absolute atomic E-state index is 13.8. The summed E-state index contributed by atoms with van der Waals surface area (Å²) in [4.78, 5) is 3.74. The first kappa shape index (κ1) is 15.6. The molecular weight excluding hydrogens is 303 g/mol. The highest BCUT2D eigenvalue weighted by atomic mass is 35.5. The van der Waals surface area contributed by atoms with Crippen LogP contribution < -0.4 is 0 Å². The summed E-state index contributed by atoms with van der Waals surface area (Å²) in [5.74, 6) is -0.390. The van der Waals surface area contributed by atoms with Crippen molar-refractivity contribution < 1.29 is 17.9 Å². The first-order valence-corrected chi connectivity index (χ1v) is 6.70. The molecule has 0 aromatic heterocycles. The van der Waals surface area contributed by atoms with Gasteiger partial charge in [-0.25, -0.2) is 9.38 Å². The van der Waals surface area contributed by atoms with E-state index in [2.05, 4.69) is 9.73 Å². The van der Waals surface area contributed by atoms with Gasteiger partial charge in [-0.05, 0) is 30.4 Å². The second kappa shape index (κ2) is 7.31. The lowest BCUT2D eigenvalue weighted by Gasteiger charge is -2.14. The van der Waals surface area contributed by atoms with Gasteiger partial charge in [0.1, 0.15) is 11.0 Å². The minimum atomic E-state index is -2.84. The number of aliphatic imine (C=N–C) groups is 1. The van der Waals surface area contributed by atoms with E-state index in [0.29, 0.717) is 24.0 Å². The smallest absolute Gasteiger partial charge is 0.386 e. The molecular formula is C15H13ClF3NO. The van der Waals surface area contributed by atoms with Crippen LogP contribution in [-0.2, 0) is 4.74 Å². The van der Waals surface area contributed by atoms with E-state index in [-0.39, 0.29) is 16.9 Å². The Bertz CT molecular complexity index is 557. The van der Waals surface area contributed by atoms with Gasteiger partial charge < -0.3 is 4.74 Å². The molecule has 1 aliphatic heterocycles. The standard InChI is InChI=1S/C15H13ClF3NO/c16-14-6-5-12(13(17)8-20-14)7-10-1-3-11(4-2-10)9-21-15(18)19/h1-4,6,8-10,15H,5,7H2. The molecule has 1 heterocycles. The molecule has 0 aromatic carbocycles. The number of halogens is 4. The van der Waals surface area contributed by atoms with E-state index in [0.717, 1.165) is 12.5 Å². The van der Waals surface area contributed by atoms with Crippen LogP contribution in [-0.4, -0.2) is 12.8 Å². The molecule has 112 valence electrons. The molecule has 0 saturated heterocycles. The SMILES string of the molecule is FC1=C(CC2C=CC(=COC(F)F)C=C2)CC=C(Cl)N=C1. The third-order valence-corrected chi connectivity index (χ3v) is 3.27. The lowest BCUT2D eigenvalue weighted by atomic mass is 9.92. The fraction of sp³-hybridized carbons (Fsp3) is 0.267. The maximum Gasteiger partial charge on any atom is 0.386 e. The molecule has 1 aliphatic carbocycles. The van der Waals surface area contributed by atoms with Gasteiger partial charge in [-0.15, -0.1) is 0 Å². The number of nitrogens with zero attached hydrogens (tertiary/aromatic N) is 1. The van der Waals surface area contributed by atoms with E-state index in [9.17, 15) is 13.2 Å². The van der Waals surface area contributed by atoms with Crippen LogP contribution in [0.3, 0.4) is 0 Å². The van der Waals surface area contributed by atoms with Crippen molar-refractivity contribution >= 4 is 17.8 Å². The van der Waals surface area contributed by atoms with Gasteiger partial charge in [-0.3, -0.25) is 0 Å². The number of allylic oxidation sites excluding steroid dienone is 8. The van der Waals surface area contributed by atoms with E-state index in [4.69, 9.17) is 11.6 Å². The third-order valence-electron chi connectivity index (χ3n) is 3.02. The molecule has 0 saturated carbocycles. The monoisotopic (exact) mass is 315 g/mol. The van der Waals surface area contributed by atoms with Crippen LogP contribution in [0, 0.1) is 5.92 Å². The largest absolute Gasteiger partial charge is 0.442 e. The van der Waals surface area contributed by atoms with Gasteiger partial charge in [0.15, 0.2) is 0 Å². The molecule has 0 spiro atoms. The normalized spacial score (nSPS) is 21.7. The number of alkyl halides is 2. The maximum atomic E-state index is 13.8. The first-order chi connectivity index (χ1) is 10.0. The van der Waals surface area contributed by atoms with E-state index in [1.54, 1.807) is 18.2 Å². The zero-order valence-corrected chi connectivity index (χ0v) is 11.7. The second-order valence-electron chi connectivity index (χ2n) is 4.54. The summed E-state index contributed by atoms with van der Waals surface area (Å²) in [6.07, 6.45) is 11.6. The molecule has 0 fully saturated rings. The summed E-state index contributed by atoms with van der Waals surface area (Å²) >= 11 is 5.73. The van der Waals surface area contributed by atoms with Crippen molar-refractivity contribution in [2.45, 2.75) is 19.5 Å². The Morgan fingerprint density at radius 2 is 2.10 bits per heavy atom. The molecule has 2 rings (SSSR count). The Hall–Kier alpha value is -1.75. The summed E-state index contributed by atoms with van der Waals surface area (Å²) in [5, 5.41) is 0.268. The number of rotatable bonds is 4. The Balaban J connectivity index is 1.97. The summed E-state index contributed by atoms with van der Waals surface area (Å²) in [6, 6.07) is 0. The predicted molar refractivity (Wildman–Crippen MR) is 76.7 cm³/mol. The molecule has 6 heteroatoms. The van der Waals surface area contributed by atoms with E-state index >= 15 is 0 Å². The summed E-state index contributed by atoms with van der Waals surface area (Å²) in [6.45, 7) is -2.84. The Morgan fingerprint density at radius 3 is 2.76 bits per heavy atom. The van der Waals surface area contributed by atoms with Crippen molar-refractivity contribution in [3.8, 4) is 0 Å². The van der Waals surface area contributed by atoms with E-state index in [1.165, 1.54) is 0 Å². The highest BCUT2D eigenvalue weighted by Gasteiger charge is 2.13. The summed E-state index contributed by atoms with van der Waals surface area (Å²) in [7, 11) is 0. The van der Waals surface area contributed by atoms with Gasteiger partial charge in [0.05, 0.1) is 12.5 Å². The van der Waals surface area contributed by atoms with E-state index in [1.807, 2.05) is 12.2 Å². The highest BCUT2D eigenvalue weighted by molar-refractivity contribution is 6.29. The zero-order chi connectivity index (χ0) is 15.2. The van der Waals surface area contributed by atoms with Gasteiger partial charge in [-0.1, -0.05) is 35.9 Å². The molecule has 2 nitrogen and oxygen atoms in total. The molecule has 0 radical (unpaired) electrons. The summed E-state index contributed by atoms with van der Waals surface area (Å²) < 4.78 is 41.7. The van der Waals surface area contributed by atoms with Crippen LogP contribution >= 0.6 is 11.6 Å². The minimum Gasteiger partial charge on any atom is -0.442 e. The van der Waals surface area contributed by atoms with Crippen LogP contribution in [0.25, 0.3) is 0 Å². The van der Waals surface area contributed by atoms with Crippen molar-refractivity contribution in [3.05, 3.63) is 58.8 Å². The van der Waals surface area contributed by atoms with Crippen LogP contribution in [0.5, 0.6) is 0 Å². The average molecular weight is 316 g/mol. The average Bonchev–Trinajstić information content (AvgIpc) is 2.62. The van der Waals surface area contributed by atoms with Gasteiger partial charge in [-0.2, -0.15) is 8.78 Å². The number of hydrogen-bond donors (Lipinski definition) is 0. The number of ether oxygens (including phenoxy) is 1. The van der Waals surface area contributed by atoms with Gasteiger partial charge in [0.25, 0.3) is 0 Å². The fourth-order valence-electron chi connectivity index (χ4n) is 1.97. The molecule has 0 bridgehead atoms. The van der Waals surface area contributed by atoms with Crippen molar-refractivity contribution in [1.29, 1.82) is 0 Å².